The summed E-state index contributed by atoms with van der Waals surface area (Å²) in [6, 6.07) is 0. The molecule has 0 unspecified atom stereocenters. The third-order valence-corrected chi connectivity index (χ3v) is 16.4. The fourth-order valence-corrected chi connectivity index (χ4v) is 13.3. The Labute approximate surface area is 256 Å². The molecule has 7 atom stereocenters. The van der Waals surface area contributed by atoms with Gasteiger partial charge in [-0.1, -0.05) is 60.1 Å². The van der Waals surface area contributed by atoms with Gasteiger partial charge in [0.1, 0.15) is 0 Å². The minimum atomic E-state index is -2.88. The van der Waals surface area contributed by atoms with E-state index in [1.54, 1.807) is 5.57 Å². The molecule has 5 aliphatic carbocycles. The minimum Gasteiger partial charge on any atom is -0.306 e. The lowest BCUT2D eigenvalue weighted by atomic mass is 9.33. The summed E-state index contributed by atoms with van der Waals surface area (Å²) in [5, 5.41) is 4.01. The van der Waals surface area contributed by atoms with E-state index in [0.717, 1.165) is 31.0 Å². The third-order valence-electron chi connectivity index (χ3n) is 14.8. The van der Waals surface area contributed by atoms with E-state index >= 15 is 0 Å². The summed E-state index contributed by atoms with van der Waals surface area (Å²) < 4.78 is 23.9. The normalized spacial score (nSPS) is 44.7. The van der Waals surface area contributed by atoms with Crippen LogP contribution in [0.5, 0.6) is 0 Å². The van der Waals surface area contributed by atoms with E-state index in [4.69, 9.17) is 0 Å². The molecule has 0 aromatic heterocycles. The van der Waals surface area contributed by atoms with Crippen molar-refractivity contribution in [3.63, 3.8) is 0 Å². The highest BCUT2D eigenvalue weighted by molar-refractivity contribution is 7.91. The van der Waals surface area contributed by atoms with Gasteiger partial charge >= 0.3 is 0 Å². The van der Waals surface area contributed by atoms with Crippen molar-refractivity contribution in [3.05, 3.63) is 22.8 Å². The zero-order valence-corrected chi connectivity index (χ0v) is 28.7. The Kier molecular flexibility index (Phi) is 7.39. The van der Waals surface area contributed by atoms with Gasteiger partial charge in [-0.25, -0.2) is 8.42 Å². The van der Waals surface area contributed by atoms with Gasteiger partial charge in [-0.2, -0.15) is 0 Å². The van der Waals surface area contributed by atoms with Gasteiger partial charge < -0.3 is 10.2 Å². The third kappa shape index (κ3) is 4.34. The summed E-state index contributed by atoms with van der Waals surface area (Å²) in [4.78, 5) is 16.1. The smallest absolute Gasteiger partial charge is 0.161 e. The average Bonchev–Trinajstić information content (AvgIpc) is 3.20. The average molecular weight is 599 g/mol. The van der Waals surface area contributed by atoms with Crippen LogP contribution in [-0.2, 0) is 14.6 Å². The zero-order chi connectivity index (χ0) is 30.5. The van der Waals surface area contributed by atoms with Crippen molar-refractivity contribution >= 4 is 15.6 Å². The molecule has 0 aromatic carbocycles. The van der Waals surface area contributed by atoms with Crippen molar-refractivity contribution in [1.29, 1.82) is 0 Å². The number of hydrogen-bond donors (Lipinski definition) is 1. The van der Waals surface area contributed by atoms with Crippen LogP contribution < -0.4 is 5.32 Å². The number of nitrogens with one attached hydrogen (secondary N) is 1. The molecule has 0 bridgehead atoms. The molecule has 0 amide bonds. The van der Waals surface area contributed by atoms with E-state index in [0.29, 0.717) is 42.5 Å². The van der Waals surface area contributed by atoms with Crippen molar-refractivity contribution < 1.29 is 13.2 Å². The highest BCUT2D eigenvalue weighted by Gasteiger charge is 2.69. The van der Waals surface area contributed by atoms with E-state index in [1.807, 2.05) is 0 Å². The lowest BCUT2D eigenvalue weighted by Crippen LogP contribution is -2.66. The van der Waals surface area contributed by atoms with E-state index in [1.165, 1.54) is 44.1 Å². The maximum absolute atomic E-state index is 13.8. The van der Waals surface area contributed by atoms with Crippen molar-refractivity contribution in [2.75, 3.05) is 37.7 Å². The summed E-state index contributed by atoms with van der Waals surface area (Å²) in [5.41, 5.74) is 5.05. The molecule has 42 heavy (non-hydrogen) atoms. The van der Waals surface area contributed by atoms with Gasteiger partial charge in [0.15, 0.2) is 15.6 Å². The second-order valence-electron chi connectivity index (χ2n) is 17.0. The number of fused-ring (bicyclic) bond motifs is 7. The molecule has 1 aliphatic heterocycles. The van der Waals surface area contributed by atoms with E-state index in [-0.39, 0.29) is 39.2 Å². The predicted octanol–water partition coefficient (Wildman–Crippen LogP) is 6.60. The molecule has 0 aromatic rings. The summed E-state index contributed by atoms with van der Waals surface area (Å²) in [6.45, 7) is 22.7. The topological polar surface area (TPSA) is 66.5 Å². The molecule has 1 saturated heterocycles. The molecule has 236 valence electrons. The zero-order valence-electron chi connectivity index (χ0n) is 27.9. The van der Waals surface area contributed by atoms with Crippen LogP contribution in [0.15, 0.2) is 22.8 Å². The summed E-state index contributed by atoms with van der Waals surface area (Å²) >= 11 is 0. The molecule has 6 heteroatoms. The number of nitrogens with zero attached hydrogens (tertiary/aromatic N) is 1. The fraction of sp³-hybridized carbons (Fsp3) is 0.861. The monoisotopic (exact) mass is 598 g/mol. The Hall–Kier alpha value is -0.980. The number of hydrogen-bond acceptors (Lipinski definition) is 5. The number of Topliss-reactive ketones (excluding diaryl/α,β-unsaturated/α-hetero) is 1. The first-order valence-electron chi connectivity index (χ1n) is 17.1. The lowest BCUT2D eigenvalue weighted by Gasteiger charge is -2.71. The number of allylic oxidation sites excluding steroid dienone is 3. The summed E-state index contributed by atoms with van der Waals surface area (Å²) in [6.07, 6.45) is 11.7. The molecular weight excluding hydrogens is 540 g/mol. The molecule has 1 heterocycles. The number of rotatable bonds is 5. The van der Waals surface area contributed by atoms with Crippen molar-refractivity contribution in [3.8, 4) is 0 Å². The summed E-state index contributed by atoms with van der Waals surface area (Å²) in [5.74, 6) is 3.07. The number of sulfone groups is 1. The molecule has 0 radical (unpaired) electrons. The Morgan fingerprint density at radius 1 is 0.952 bits per heavy atom. The van der Waals surface area contributed by atoms with Crippen LogP contribution in [0, 0.1) is 45.3 Å². The molecule has 6 aliphatic rings. The molecule has 4 fully saturated rings. The quantitative estimate of drug-likeness (QED) is 0.362. The van der Waals surface area contributed by atoms with E-state index in [9.17, 15) is 13.2 Å². The number of carbonyl (C=O) groups excluding carboxylic acids is 1. The van der Waals surface area contributed by atoms with Crippen molar-refractivity contribution in [2.45, 2.75) is 112 Å². The Balaban J connectivity index is 1.31. The van der Waals surface area contributed by atoms with Crippen molar-refractivity contribution in [2.24, 2.45) is 45.3 Å². The highest BCUT2D eigenvalue weighted by Crippen LogP contribution is 2.75. The second kappa shape index (κ2) is 10.0. The Morgan fingerprint density at radius 2 is 1.64 bits per heavy atom. The van der Waals surface area contributed by atoms with Crippen LogP contribution in [-0.4, -0.2) is 62.3 Å². The fourth-order valence-electron chi connectivity index (χ4n) is 12.0. The van der Waals surface area contributed by atoms with Gasteiger partial charge in [0.25, 0.3) is 0 Å². The van der Waals surface area contributed by atoms with Crippen LogP contribution in [0.1, 0.15) is 107 Å². The molecule has 3 saturated carbocycles. The van der Waals surface area contributed by atoms with Crippen LogP contribution in [0.2, 0.25) is 0 Å². The molecule has 1 N–H and O–H groups in total. The first-order valence-corrected chi connectivity index (χ1v) is 19.0. The standard InChI is InChI=1S/C36H58N2O3S/c1-24(2)30-27(39)23-36(37-17-18-38-19-21-42(40,41)22-20-38)16-15-34(7)26(31(30)36)9-10-29-33(6)13-11-25(3)32(4,5)28(33)12-14-35(29,34)8/h11,24,26,28-29,37H,9-10,12-23H2,1-8H3/t26-,28+,29-,33+,34-,35-,36-/m1/s1. The first-order chi connectivity index (χ1) is 19.5. The summed E-state index contributed by atoms with van der Waals surface area (Å²) in [7, 11) is -2.88. The minimum absolute atomic E-state index is 0.191. The van der Waals surface area contributed by atoms with Gasteiger partial charge in [-0.15, -0.1) is 0 Å². The SMILES string of the molecule is CC1=CC[C@]2(C)[C@H]3CC[C@@H]4C5=C(C(C)C)C(=O)C[C@]5(NCCN5CCS(=O)(=O)CC5)CC[C@@]4(C)[C@]3(C)CC[C@H]2C1(C)C. The second-order valence-corrected chi connectivity index (χ2v) is 19.3. The largest absolute Gasteiger partial charge is 0.306 e. The van der Waals surface area contributed by atoms with Crippen LogP contribution in [0.25, 0.3) is 0 Å². The van der Waals surface area contributed by atoms with Crippen LogP contribution >= 0.6 is 0 Å². The molecule has 5 nitrogen and oxygen atoms in total. The Bertz CT molecular complexity index is 1300. The van der Waals surface area contributed by atoms with Gasteiger partial charge in [0, 0.05) is 38.1 Å². The van der Waals surface area contributed by atoms with Gasteiger partial charge in [-0.3, -0.25) is 4.79 Å². The maximum atomic E-state index is 13.8. The van der Waals surface area contributed by atoms with Crippen LogP contribution in [0.4, 0.5) is 0 Å². The number of carbonyl (C=O) groups is 1. The molecule has 0 spiro atoms. The predicted molar refractivity (Wildman–Crippen MR) is 172 cm³/mol. The molecule has 6 rings (SSSR count). The highest BCUT2D eigenvalue weighted by atomic mass is 32.2. The van der Waals surface area contributed by atoms with Gasteiger partial charge in [-0.05, 0) is 108 Å². The van der Waals surface area contributed by atoms with Gasteiger partial charge in [0.05, 0.1) is 11.5 Å². The number of ketones is 1. The van der Waals surface area contributed by atoms with E-state index in [2.05, 4.69) is 71.7 Å². The van der Waals surface area contributed by atoms with E-state index < -0.39 is 9.84 Å². The van der Waals surface area contributed by atoms with Crippen molar-refractivity contribution in [1.82, 2.24) is 10.2 Å². The lowest BCUT2D eigenvalue weighted by molar-refractivity contribution is -0.196. The van der Waals surface area contributed by atoms with Gasteiger partial charge in [0.2, 0.25) is 0 Å². The first kappa shape index (κ1) is 31.0. The maximum Gasteiger partial charge on any atom is 0.161 e. The Morgan fingerprint density at radius 3 is 2.31 bits per heavy atom. The van der Waals surface area contributed by atoms with Crippen LogP contribution in [0.3, 0.4) is 0 Å². The molecular formula is C36H58N2O3S.